The molecule has 1 aliphatic heterocycles. The summed E-state index contributed by atoms with van der Waals surface area (Å²) in [6.07, 6.45) is 5.37. The first-order valence-corrected chi connectivity index (χ1v) is 4.05. The van der Waals surface area contributed by atoms with Crippen molar-refractivity contribution in [1.29, 1.82) is 0 Å². The fourth-order valence-corrected chi connectivity index (χ4v) is 1.39. The molecule has 1 fully saturated rings. The highest BCUT2D eigenvalue weighted by Gasteiger charge is 2.06. The van der Waals surface area contributed by atoms with E-state index in [0.717, 1.165) is 13.1 Å². The predicted molar refractivity (Wildman–Crippen MR) is 40.4 cm³/mol. The topological polar surface area (TPSA) is 3.01 Å². The summed E-state index contributed by atoms with van der Waals surface area (Å²) in [5, 5.41) is 0. The molecular weight excluding hydrogens is 134 g/mol. The lowest BCUT2D eigenvalue weighted by atomic mass is 10.2. The van der Waals surface area contributed by atoms with E-state index in [1.54, 1.807) is 5.67 Å². The highest BCUT2D eigenvalue weighted by Crippen LogP contribution is 2.05. The minimum absolute atomic E-state index is 1.16. The summed E-state index contributed by atoms with van der Waals surface area (Å²) < 4.78 is 2.19. The summed E-state index contributed by atoms with van der Waals surface area (Å²) in [5.74, 6) is 0. The number of rotatable bonds is 0. The van der Waals surface area contributed by atoms with Crippen molar-refractivity contribution in [2.24, 2.45) is 0 Å². The number of hydrogen-bond donors (Lipinski definition) is 0. The Morgan fingerprint density at radius 1 is 1.00 bits per heavy atom. The van der Waals surface area contributed by atoms with Crippen LogP contribution in [0.25, 0.3) is 0 Å². The molecule has 0 aliphatic carbocycles. The summed E-state index contributed by atoms with van der Waals surface area (Å²) >= 11 is 5.55. The fraction of sp³-hybridized carbons (Fsp3) is 0.857. The average molecular weight is 147 g/mol. The largest absolute Gasteiger partial charge is 0.232 e. The quantitative estimate of drug-likeness (QED) is 0.459. The van der Waals surface area contributed by atoms with Gasteiger partial charge < -0.3 is 0 Å². The smallest absolute Gasteiger partial charge is 0.226 e. The first kappa shape index (κ1) is 7.07. The maximum atomic E-state index is 5.55. The minimum atomic E-state index is 1.16. The normalized spacial score (nSPS) is 21.2. The molecule has 0 N–H and O–H groups in total. The van der Waals surface area contributed by atoms with Gasteiger partial charge in [0.1, 0.15) is 13.1 Å². The zero-order chi connectivity index (χ0) is 6.53. The molecule has 0 aromatic carbocycles. The molecule has 1 heterocycles. The predicted octanol–water partition coefficient (Wildman–Crippen LogP) is 1.84. The van der Waals surface area contributed by atoms with Crippen LogP contribution in [0.1, 0.15) is 25.7 Å². The van der Waals surface area contributed by atoms with Crippen molar-refractivity contribution in [3.63, 3.8) is 0 Å². The van der Waals surface area contributed by atoms with Crippen molar-refractivity contribution in [2.75, 3.05) is 13.1 Å². The molecule has 0 bridgehead atoms. The van der Waals surface area contributed by atoms with Crippen LogP contribution in [0.3, 0.4) is 0 Å². The second kappa shape index (κ2) is 3.89. The number of nitrogens with zero attached hydrogens (tertiary/aromatic N) is 1. The van der Waals surface area contributed by atoms with Crippen molar-refractivity contribution in [2.45, 2.75) is 25.7 Å². The van der Waals surface area contributed by atoms with Crippen molar-refractivity contribution in [3.8, 4) is 0 Å². The molecule has 0 spiro atoms. The summed E-state index contributed by atoms with van der Waals surface area (Å²) in [7, 11) is 0. The Bertz CT molecular complexity index is 99.5. The Morgan fingerprint density at radius 2 is 1.56 bits per heavy atom. The van der Waals surface area contributed by atoms with E-state index in [-0.39, 0.29) is 0 Å². The van der Waals surface area contributed by atoms with Crippen LogP contribution in [0.4, 0.5) is 0 Å². The molecule has 1 nitrogen and oxygen atoms in total. The minimum Gasteiger partial charge on any atom is -0.226 e. The lowest BCUT2D eigenvalue weighted by Gasteiger charge is -1.92. The van der Waals surface area contributed by atoms with Gasteiger partial charge in [-0.3, -0.25) is 0 Å². The summed E-state index contributed by atoms with van der Waals surface area (Å²) in [5.41, 5.74) is 1.69. The molecule has 0 atom stereocenters. The Labute approximate surface area is 61.3 Å². The number of halogens is 1. The van der Waals surface area contributed by atoms with Crippen LogP contribution in [-0.2, 0) is 0 Å². The molecule has 2 heteroatoms. The standard InChI is InChI=1S/C7H13ClN/c8-7-9-5-3-1-2-4-6-9/h7H,1-6H2/q+1. The van der Waals surface area contributed by atoms with Crippen LogP contribution in [0.2, 0.25) is 0 Å². The Balaban J connectivity index is 2.36. The van der Waals surface area contributed by atoms with Crippen molar-refractivity contribution in [3.05, 3.63) is 0 Å². The van der Waals surface area contributed by atoms with Gasteiger partial charge in [-0.05, 0) is 24.4 Å². The van der Waals surface area contributed by atoms with Crippen molar-refractivity contribution < 1.29 is 4.58 Å². The van der Waals surface area contributed by atoms with Crippen LogP contribution in [0.15, 0.2) is 0 Å². The van der Waals surface area contributed by atoms with Crippen LogP contribution < -0.4 is 0 Å². The Hall–Kier alpha value is -0.0400. The van der Waals surface area contributed by atoms with E-state index in [1.165, 1.54) is 25.7 Å². The van der Waals surface area contributed by atoms with E-state index >= 15 is 0 Å². The first-order valence-electron chi connectivity index (χ1n) is 3.61. The molecule has 52 valence electrons. The van der Waals surface area contributed by atoms with Gasteiger partial charge in [0.25, 0.3) is 0 Å². The van der Waals surface area contributed by atoms with Gasteiger partial charge in [0.05, 0.1) is 0 Å². The van der Waals surface area contributed by atoms with Gasteiger partial charge in [0.2, 0.25) is 5.67 Å². The van der Waals surface area contributed by atoms with Gasteiger partial charge in [0.15, 0.2) is 0 Å². The molecule has 0 radical (unpaired) electrons. The van der Waals surface area contributed by atoms with Crippen LogP contribution in [0.5, 0.6) is 0 Å². The van der Waals surface area contributed by atoms with Gasteiger partial charge in [-0.15, -0.1) is 0 Å². The van der Waals surface area contributed by atoms with E-state index in [9.17, 15) is 0 Å². The second-order valence-corrected chi connectivity index (χ2v) is 2.74. The fourth-order valence-electron chi connectivity index (χ4n) is 1.19. The maximum absolute atomic E-state index is 5.55. The molecule has 0 aromatic rings. The monoisotopic (exact) mass is 146 g/mol. The maximum Gasteiger partial charge on any atom is 0.232 e. The van der Waals surface area contributed by atoms with Crippen LogP contribution in [0, 0.1) is 0 Å². The molecule has 0 amide bonds. The van der Waals surface area contributed by atoms with Crippen LogP contribution in [-0.4, -0.2) is 23.3 Å². The Morgan fingerprint density at radius 3 is 2.00 bits per heavy atom. The van der Waals surface area contributed by atoms with Crippen molar-refractivity contribution >= 4 is 17.3 Å². The highest BCUT2D eigenvalue weighted by atomic mass is 35.5. The van der Waals surface area contributed by atoms with Gasteiger partial charge in [-0.2, -0.15) is 0 Å². The zero-order valence-electron chi connectivity index (χ0n) is 5.65. The lowest BCUT2D eigenvalue weighted by Crippen LogP contribution is -2.11. The van der Waals surface area contributed by atoms with Gasteiger partial charge in [0, 0.05) is 12.8 Å². The van der Waals surface area contributed by atoms with E-state index in [2.05, 4.69) is 4.58 Å². The van der Waals surface area contributed by atoms with E-state index in [4.69, 9.17) is 11.6 Å². The molecule has 0 aromatic heterocycles. The third kappa shape index (κ3) is 2.35. The van der Waals surface area contributed by atoms with Crippen molar-refractivity contribution in [1.82, 2.24) is 0 Å². The third-order valence-electron chi connectivity index (χ3n) is 1.78. The van der Waals surface area contributed by atoms with Gasteiger partial charge in [-0.25, -0.2) is 4.58 Å². The number of hydrogen-bond acceptors (Lipinski definition) is 0. The molecular formula is C7H13ClN+. The summed E-state index contributed by atoms with van der Waals surface area (Å²) in [6, 6.07) is 0. The molecule has 9 heavy (non-hydrogen) atoms. The summed E-state index contributed by atoms with van der Waals surface area (Å²) in [6.45, 7) is 2.31. The first-order chi connectivity index (χ1) is 4.43. The zero-order valence-corrected chi connectivity index (χ0v) is 6.40. The second-order valence-electron chi connectivity index (χ2n) is 2.55. The van der Waals surface area contributed by atoms with E-state index in [0.29, 0.717) is 0 Å². The average Bonchev–Trinajstić information content (AvgIpc) is 2.13. The summed E-state index contributed by atoms with van der Waals surface area (Å²) in [4.78, 5) is 0. The van der Waals surface area contributed by atoms with Gasteiger partial charge >= 0.3 is 0 Å². The van der Waals surface area contributed by atoms with E-state index < -0.39 is 0 Å². The van der Waals surface area contributed by atoms with Gasteiger partial charge in [-0.1, -0.05) is 0 Å². The molecule has 1 rings (SSSR count). The van der Waals surface area contributed by atoms with E-state index in [1.807, 2.05) is 0 Å². The molecule has 1 aliphatic rings. The third-order valence-corrected chi connectivity index (χ3v) is 2.05. The molecule has 0 unspecified atom stereocenters. The highest BCUT2D eigenvalue weighted by molar-refractivity contribution is 6.54. The van der Waals surface area contributed by atoms with Crippen LogP contribution >= 0.6 is 11.6 Å². The molecule has 1 saturated heterocycles. The Kier molecular flexibility index (Phi) is 3.05. The molecule has 0 saturated carbocycles. The lowest BCUT2D eigenvalue weighted by molar-refractivity contribution is -0.519. The SMILES string of the molecule is ClC=[N+]1CCCCCC1.